The molecule has 138 valence electrons. The summed E-state index contributed by atoms with van der Waals surface area (Å²) in [6.07, 6.45) is 4.26. The number of hydrogen-bond donors (Lipinski definition) is 1. The summed E-state index contributed by atoms with van der Waals surface area (Å²) in [4.78, 5) is 11.3. The van der Waals surface area contributed by atoms with E-state index in [0.717, 1.165) is 43.3 Å². The number of benzene rings is 1. The van der Waals surface area contributed by atoms with Crippen LogP contribution >= 0.6 is 11.3 Å². The van der Waals surface area contributed by atoms with Crippen LogP contribution in [0.2, 0.25) is 0 Å². The second-order valence-corrected chi connectivity index (χ2v) is 7.09. The minimum atomic E-state index is 0.714. The van der Waals surface area contributed by atoms with E-state index in [0.29, 0.717) is 6.54 Å². The summed E-state index contributed by atoms with van der Waals surface area (Å²) >= 11 is 1.72. The van der Waals surface area contributed by atoms with Crippen molar-refractivity contribution in [3.05, 3.63) is 52.0 Å². The fourth-order valence-corrected chi connectivity index (χ4v) is 3.79. The van der Waals surface area contributed by atoms with Gasteiger partial charge in [0, 0.05) is 25.5 Å². The van der Waals surface area contributed by atoms with Gasteiger partial charge in [-0.1, -0.05) is 25.1 Å². The summed E-state index contributed by atoms with van der Waals surface area (Å²) < 4.78 is 5.33. The molecule has 0 unspecified atom stereocenters. The van der Waals surface area contributed by atoms with Gasteiger partial charge in [0.2, 0.25) is 0 Å². The third-order valence-corrected chi connectivity index (χ3v) is 5.53. The molecule has 1 aromatic heterocycles. The van der Waals surface area contributed by atoms with Crippen LogP contribution in [0, 0.1) is 0 Å². The van der Waals surface area contributed by atoms with E-state index in [4.69, 9.17) is 4.74 Å². The van der Waals surface area contributed by atoms with Crippen LogP contribution < -0.4 is 10.1 Å². The number of aryl methyl sites for hydroxylation is 1. The predicted octanol–water partition coefficient (Wildman–Crippen LogP) is 3.58. The van der Waals surface area contributed by atoms with Gasteiger partial charge in [0.15, 0.2) is 5.96 Å². The van der Waals surface area contributed by atoms with Crippen LogP contribution in [0.4, 0.5) is 0 Å². The lowest BCUT2D eigenvalue weighted by molar-refractivity contribution is 0.414. The van der Waals surface area contributed by atoms with Crippen molar-refractivity contribution in [2.24, 2.45) is 4.99 Å². The largest absolute Gasteiger partial charge is 0.497 e. The summed E-state index contributed by atoms with van der Waals surface area (Å²) in [7, 11) is 3.54. The minimum Gasteiger partial charge on any atom is -0.497 e. The number of nitrogens with one attached hydrogen (secondary N) is 1. The van der Waals surface area contributed by atoms with E-state index in [1.165, 1.54) is 16.1 Å². The monoisotopic (exact) mass is 370 g/mol. The Labute approximate surface area is 159 Å². The molecule has 3 rings (SSSR count). The molecule has 0 bridgehead atoms. The van der Waals surface area contributed by atoms with Crippen LogP contribution in [-0.2, 0) is 13.0 Å². The zero-order valence-corrected chi connectivity index (χ0v) is 16.5. The molecular weight excluding hydrogens is 344 g/mol. The number of thiazole rings is 1. The molecule has 0 amide bonds. The Morgan fingerprint density at radius 3 is 2.96 bits per heavy atom. The maximum absolute atomic E-state index is 5.33. The molecule has 0 fully saturated rings. The number of aliphatic imine (C=N–C) groups is 1. The first-order chi connectivity index (χ1) is 12.7. The molecule has 0 saturated heterocycles. The van der Waals surface area contributed by atoms with E-state index in [-0.39, 0.29) is 0 Å². The molecule has 1 N–H and O–H groups in total. The average Bonchev–Trinajstić information content (AvgIpc) is 3.17. The smallest absolute Gasteiger partial charge is 0.194 e. The number of guanidine groups is 1. The minimum absolute atomic E-state index is 0.714. The van der Waals surface area contributed by atoms with Gasteiger partial charge in [0.05, 0.1) is 24.4 Å². The van der Waals surface area contributed by atoms with Crippen molar-refractivity contribution in [1.29, 1.82) is 0 Å². The Morgan fingerprint density at radius 1 is 1.42 bits per heavy atom. The van der Waals surface area contributed by atoms with Gasteiger partial charge in [0.1, 0.15) is 5.75 Å². The van der Waals surface area contributed by atoms with Crippen molar-refractivity contribution < 1.29 is 4.74 Å². The number of hydrogen-bond acceptors (Lipinski definition) is 4. The molecule has 6 heteroatoms. The lowest BCUT2D eigenvalue weighted by Gasteiger charge is -2.29. The molecule has 1 aromatic carbocycles. The fraction of sp³-hybridized carbons (Fsp3) is 0.400. The zero-order valence-electron chi connectivity index (χ0n) is 15.7. The summed E-state index contributed by atoms with van der Waals surface area (Å²) in [6.45, 7) is 4.64. The van der Waals surface area contributed by atoms with Gasteiger partial charge in [-0.05, 0) is 36.1 Å². The highest BCUT2D eigenvalue weighted by atomic mass is 32.1. The van der Waals surface area contributed by atoms with Gasteiger partial charge in [-0.25, -0.2) is 4.98 Å². The Bertz CT molecular complexity index is 797. The van der Waals surface area contributed by atoms with E-state index in [9.17, 15) is 0 Å². The molecule has 0 spiro atoms. The van der Waals surface area contributed by atoms with E-state index in [1.54, 1.807) is 18.4 Å². The molecule has 0 atom stereocenters. The molecule has 2 heterocycles. The molecule has 0 aliphatic carbocycles. The fourth-order valence-electron chi connectivity index (χ4n) is 3.04. The van der Waals surface area contributed by atoms with Gasteiger partial charge in [-0.15, -0.1) is 11.3 Å². The summed E-state index contributed by atoms with van der Waals surface area (Å²) in [6, 6.07) is 8.26. The van der Waals surface area contributed by atoms with Crippen LogP contribution in [0.3, 0.4) is 0 Å². The average molecular weight is 371 g/mol. The topological polar surface area (TPSA) is 49.8 Å². The molecule has 2 aromatic rings. The summed E-state index contributed by atoms with van der Waals surface area (Å²) in [5.41, 5.74) is 3.68. The van der Waals surface area contributed by atoms with Crippen molar-refractivity contribution >= 4 is 22.9 Å². The molecule has 1 aliphatic heterocycles. The van der Waals surface area contributed by atoms with Crippen molar-refractivity contribution in [2.75, 3.05) is 27.2 Å². The lowest BCUT2D eigenvalue weighted by atomic mass is 9.99. The standard InChI is InChI=1S/C20H26N4OS/c1-4-19-23-17(14-26-19)13-22-20(21-2)24-10-8-15(9-11-24)16-6-5-7-18(12-16)25-3/h5-8,12,14H,4,9-11,13H2,1-3H3,(H,21,22). The van der Waals surface area contributed by atoms with Gasteiger partial charge in [-0.2, -0.15) is 0 Å². The van der Waals surface area contributed by atoms with E-state index >= 15 is 0 Å². The van der Waals surface area contributed by atoms with Crippen LogP contribution in [0.5, 0.6) is 5.75 Å². The van der Waals surface area contributed by atoms with Crippen LogP contribution in [0.1, 0.15) is 29.6 Å². The van der Waals surface area contributed by atoms with Gasteiger partial charge in [0.25, 0.3) is 0 Å². The quantitative estimate of drug-likeness (QED) is 0.646. The molecule has 5 nitrogen and oxygen atoms in total. The maximum Gasteiger partial charge on any atom is 0.194 e. The SMILES string of the molecule is CCc1nc(CNC(=NC)N2CC=C(c3cccc(OC)c3)CC2)cs1. The number of nitrogens with zero attached hydrogens (tertiary/aromatic N) is 3. The van der Waals surface area contributed by atoms with Gasteiger partial charge >= 0.3 is 0 Å². The highest BCUT2D eigenvalue weighted by molar-refractivity contribution is 7.09. The Morgan fingerprint density at radius 2 is 2.31 bits per heavy atom. The van der Waals surface area contributed by atoms with E-state index in [1.807, 2.05) is 19.2 Å². The van der Waals surface area contributed by atoms with Crippen LogP contribution in [0.15, 0.2) is 40.7 Å². The second kappa shape index (κ2) is 8.85. The first-order valence-electron chi connectivity index (χ1n) is 8.95. The summed E-state index contributed by atoms with van der Waals surface area (Å²) in [5, 5.41) is 6.74. The molecule has 0 saturated carbocycles. The number of aromatic nitrogens is 1. The first kappa shape index (κ1) is 18.5. The van der Waals surface area contributed by atoms with Gasteiger partial charge < -0.3 is 15.0 Å². The molecule has 1 aliphatic rings. The Balaban J connectivity index is 1.60. The number of ether oxygens (including phenoxy) is 1. The lowest BCUT2D eigenvalue weighted by Crippen LogP contribution is -2.43. The van der Waals surface area contributed by atoms with Crippen molar-refractivity contribution in [2.45, 2.75) is 26.3 Å². The van der Waals surface area contributed by atoms with Crippen molar-refractivity contribution in [3.63, 3.8) is 0 Å². The van der Waals surface area contributed by atoms with Crippen molar-refractivity contribution in [1.82, 2.24) is 15.2 Å². The first-order valence-corrected chi connectivity index (χ1v) is 9.83. The number of rotatable bonds is 5. The van der Waals surface area contributed by atoms with Crippen LogP contribution in [0.25, 0.3) is 5.57 Å². The van der Waals surface area contributed by atoms with E-state index in [2.05, 4.69) is 50.7 Å². The summed E-state index contributed by atoms with van der Waals surface area (Å²) in [5.74, 6) is 1.83. The zero-order chi connectivity index (χ0) is 18.4. The third-order valence-electron chi connectivity index (χ3n) is 4.49. The maximum atomic E-state index is 5.33. The Hall–Kier alpha value is -2.34. The van der Waals surface area contributed by atoms with Crippen LogP contribution in [-0.4, -0.2) is 43.1 Å². The number of methoxy groups -OCH3 is 1. The second-order valence-electron chi connectivity index (χ2n) is 6.14. The van der Waals surface area contributed by atoms with E-state index < -0.39 is 0 Å². The molecule has 0 radical (unpaired) electrons. The normalized spacial score (nSPS) is 15.0. The third kappa shape index (κ3) is 4.43. The van der Waals surface area contributed by atoms with Gasteiger partial charge in [-0.3, -0.25) is 4.99 Å². The highest BCUT2D eigenvalue weighted by Gasteiger charge is 2.16. The highest BCUT2D eigenvalue weighted by Crippen LogP contribution is 2.25. The molecule has 26 heavy (non-hydrogen) atoms. The predicted molar refractivity (Wildman–Crippen MR) is 109 cm³/mol. The Kier molecular flexibility index (Phi) is 6.28. The molecular formula is C20H26N4OS. The van der Waals surface area contributed by atoms with Crippen molar-refractivity contribution in [3.8, 4) is 5.75 Å².